The van der Waals surface area contributed by atoms with Crippen molar-refractivity contribution >= 4 is 17.2 Å². The minimum atomic E-state index is -0.155. The van der Waals surface area contributed by atoms with Gasteiger partial charge >= 0.3 is 0 Å². The van der Waals surface area contributed by atoms with Gasteiger partial charge in [0.1, 0.15) is 12.4 Å². The molecule has 8 heteroatoms. The monoisotopic (exact) mass is 441 g/mol. The van der Waals surface area contributed by atoms with Crippen molar-refractivity contribution in [3.05, 3.63) is 64.5 Å². The zero-order valence-electron chi connectivity index (χ0n) is 17.6. The molecule has 4 rings (SSSR count). The number of benzene rings is 1. The average molecular weight is 442 g/mol. The number of carbonyl (C=O) groups is 1. The molecule has 1 aliphatic rings. The number of aromatic nitrogens is 1. The molecule has 31 heavy (non-hydrogen) atoms. The van der Waals surface area contributed by atoms with Gasteiger partial charge < -0.3 is 19.2 Å². The molecule has 1 fully saturated rings. The first-order valence-corrected chi connectivity index (χ1v) is 11.4. The van der Waals surface area contributed by atoms with E-state index in [1.54, 1.807) is 37.1 Å². The Morgan fingerprint density at radius 2 is 2.13 bits per heavy atom. The Kier molecular flexibility index (Phi) is 7.22. The van der Waals surface area contributed by atoms with E-state index in [4.69, 9.17) is 13.9 Å². The molecular weight excluding hydrogens is 414 g/mol. The van der Waals surface area contributed by atoms with E-state index in [2.05, 4.69) is 15.2 Å². The summed E-state index contributed by atoms with van der Waals surface area (Å²) in [5, 5.41) is 5.00. The molecule has 0 aliphatic carbocycles. The Morgan fingerprint density at radius 3 is 2.84 bits per heavy atom. The van der Waals surface area contributed by atoms with Crippen LogP contribution in [0.3, 0.4) is 0 Å². The maximum Gasteiger partial charge on any atom is 0.251 e. The van der Waals surface area contributed by atoms with E-state index in [9.17, 15) is 4.79 Å². The highest BCUT2D eigenvalue weighted by Crippen LogP contribution is 2.29. The van der Waals surface area contributed by atoms with Crippen molar-refractivity contribution < 1.29 is 18.7 Å². The Labute approximate surface area is 186 Å². The molecule has 3 heterocycles. The second kappa shape index (κ2) is 10.5. The summed E-state index contributed by atoms with van der Waals surface area (Å²) in [5.41, 5.74) is 3.15. The largest absolute Gasteiger partial charge is 0.493 e. The van der Waals surface area contributed by atoms with Gasteiger partial charge in [-0.05, 0) is 56.3 Å². The molecule has 1 aromatic carbocycles. The first kappa shape index (κ1) is 21.4. The van der Waals surface area contributed by atoms with Crippen LogP contribution in [0.4, 0.5) is 0 Å². The van der Waals surface area contributed by atoms with Crippen LogP contribution in [0.2, 0.25) is 0 Å². The molecular formula is C23H27N3O4S. The van der Waals surface area contributed by atoms with Crippen molar-refractivity contribution in [1.82, 2.24) is 15.2 Å². The van der Waals surface area contributed by atoms with E-state index in [-0.39, 0.29) is 11.9 Å². The normalized spacial score (nSPS) is 15.4. The first-order valence-electron chi connectivity index (χ1n) is 10.5. The summed E-state index contributed by atoms with van der Waals surface area (Å²) < 4.78 is 16.9. The van der Waals surface area contributed by atoms with Crippen molar-refractivity contribution in [2.75, 3.05) is 26.7 Å². The van der Waals surface area contributed by atoms with Gasteiger partial charge in [-0.2, -0.15) is 0 Å². The maximum atomic E-state index is 12.9. The summed E-state index contributed by atoms with van der Waals surface area (Å²) in [4.78, 5) is 19.5. The fourth-order valence-corrected chi connectivity index (χ4v) is 4.34. The molecule has 0 spiro atoms. The summed E-state index contributed by atoms with van der Waals surface area (Å²) in [6.07, 6.45) is 5.28. The third-order valence-corrected chi connectivity index (χ3v) is 6.08. The van der Waals surface area contributed by atoms with Crippen molar-refractivity contribution in [2.24, 2.45) is 0 Å². The molecule has 1 unspecified atom stereocenters. The topological polar surface area (TPSA) is 76.8 Å². The van der Waals surface area contributed by atoms with Gasteiger partial charge in [0, 0.05) is 17.5 Å². The lowest BCUT2D eigenvalue weighted by molar-refractivity contribution is 0.0913. The number of furan rings is 1. The number of hydrogen-bond donors (Lipinski definition) is 1. The van der Waals surface area contributed by atoms with Crippen LogP contribution < -0.4 is 14.8 Å². The Balaban J connectivity index is 1.40. The van der Waals surface area contributed by atoms with Crippen LogP contribution >= 0.6 is 11.3 Å². The summed E-state index contributed by atoms with van der Waals surface area (Å²) in [6.45, 7) is 2.86. The van der Waals surface area contributed by atoms with E-state index in [0.717, 1.165) is 24.5 Å². The third kappa shape index (κ3) is 5.45. The number of carbonyl (C=O) groups excluding carboxylic acids is 1. The predicted octanol–water partition coefficient (Wildman–Crippen LogP) is 4.28. The molecule has 0 radical (unpaired) electrons. The van der Waals surface area contributed by atoms with Gasteiger partial charge in [0.15, 0.2) is 11.5 Å². The van der Waals surface area contributed by atoms with Crippen LogP contribution in [0.5, 0.6) is 11.5 Å². The van der Waals surface area contributed by atoms with E-state index in [1.165, 1.54) is 30.6 Å². The molecule has 0 bridgehead atoms. The number of ether oxygens (including phenoxy) is 2. The lowest BCUT2D eigenvalue weighted by atomic mass is 10.1. The van der Waals surface area contributed by atoms with Gasteiger partial charge in [-0.1, -0.05) is 6.42 Å². The number of methoxy groups -OCH3 is 1. The number of thiazole rings is 1. The molecule has 1 atom stereocenters. The number of nitrogens with zero attached hydrogens (tertiary/aromatic N) is 2. The van der Waals surface area contributed by atoms with Crippen LogP contribution in [0.1, 0.15) is 47.1 Å². The zero-order chi connectivity index (χ0) is 21.5. The Bertz CT molecular complexity index is 953. The fraction of sp³-hybridized carbons (Fsp3) is 0.391. The van der Waals surface area contributed by atoms with Crippen LogP contribution in [0, 0.1) is 0 Å². The number of hydrogen-bond acceptors (Lipinski definition) is 7. The Morgan fingerprint density at radius 1 is 1.26 bits per heavy atom. The highest BCUT2D eigenvalue weighted by atomic mass is 32.1. The quantitative estimate of drug-likeness (QED) is 0.534. The summed E-state index contributed by atoms with van der Waals surface area (Å²) in [7, 11) is 1.57. The minimum Gasteiger partial charge on any atom is -0.493 e. The van der Waals surface area contributed by atoms with Crippen molar-refractivity contribution in [3.8, 4) is 11.5 Å². The highest BCUT2D eigenvalue weighted by molar-refractivity contribution is 7.07. The molecule has 7 nitrogen and oxygen atoms in total. The molecule has 2 aromatic heterocycles. The van der Waals surface area contributed by atoms with E-state index in [1.807, 2.05) is 17.5 Å². The molecule has 1 aliphatic heterocycles. The summed E-state index contributed by atoms with van der Waals surface area (Å²) in [5.74, 6) is 1.82. The summed E-state index contributed by atoms with van der Waals surface area (Å²) >= 11 is 1.52. The lowest BCUT2D eigenvalue weighted by Gasteiger charge is -2.33. The van der Waals surface area contributed by atoms with Crippen LogP contribution in [0.15, 0.2) is 51.9 Å². The zero-order valence-corrected chi connectivity index (χ0v) is 18.4. The number of amides is 1. The van der Waals surface area contributed by atoms with Gasteiger partial charge in [0.25, 0.3) is 5.91 Å². The molecule has 1 amide bonds. The van der Waals surface area contributed by atoms with Gasteiger partial charge in [-0.3, -0.25) is 9.69 Å². The minimum absolute atomic E-state index is 0.0295. The maximum absolute atomic E-state index is 12.9. The van der Waals surface area contributed by atoms with E-state index >= 15 is 0 Å². The SMILES string of the molecule is COc1cc(C(=O)NCC(c2ccco2)N2CCCCC2)ccc1OCc1cscn1. The Hall–Kier alpha value is -2.84. The molecule has 1 N–H and O–H groups in total. The number of rotatable bonds is 9. The van der Waals surface area contributed by atoms with Crippen LogP contribution in [-0.4, -0.2) is 42.5 Å². The lowest BCUT2D eigenvalue weighted by Crippen LogP contribution is -2.40. The molecule has 164 valence electrons. The second-order valence-electron chi connectivity index (χ2n) is 7.47. The standard InChI is InChI=1S/C23H27N3O4S/c1-28-22-12-17(7-8-21(22)30-14-18-15-31-16-25-18)23(27)24-13-19(20-6-5-11-29-20)26-9-3-2-4-10-26/h5-8,11-12,15-16,19H,2-4,9-10,13-14H2,1H3,(H,24,27). The van der Waals surface area contributed by atoms with Gasteiger partial charge in [0.05, 0.1) is 30.6 Å². The summed E-state index contributed by atoms with van der Waals surface area (Å²) in [6, 6.07) is 9.11. The van der Waals surface area contributed by atoms with Crippen molar-refractivity contribution in [2.45, 2.75) is 31.9 Å². The number of likely N-dealkylation sites (tertiary alicyclic amines) is 1. The number of nitrogens with one attached hydrogen (secondary N) is 1. The van der Waals surface area contributed by atoms with E-state index in [0.29, 0.717) is 30.2 Å². The predicted molar refractivity (Wildman–Crippen MR) is 119 cm³/mol. The van der Waals surface area contributed by atoms with Crippen molar-refractivity contribution in [3.63, 3.8) is 0 Å². The van der Waals surface area contributed by atoms with Gasteiger partial charge in [-0.15, -0.1) is 11.3 Å². The average Bonchev–Trinajstić information content (AvgIpc) is 3.53. The number of piperidine rings is 1. The fourth-order valence-electron chi connectivity index (χ4n) is 3.80. The first-order chi connectivity index (χ1) is 15.2. The molecule has 0 saturated carbocycles. The van der Waals surface area contributed by atoms with E-state index < -0.39 is 0 Å². The van der Waals surface area contributed by atoms with Crippen molar-refractivity contribution in [1.29, 1.82) is 0 Å². The smallest absolute Gasteiger partial charge is 0.251 e. The molecule has 1 saturated heterocycles. The van der Waals surface area contributed by atoms with Gasteiger partial charge in [0.2, 0.25) is 0 Å². The second-order valence-corrected chi connectivity index (χ2v) is 8.19. The third-order valence-electron chi connectivity index (χ3n) is 5.44. The van der Waals surface area contributed by atoms with Gasteiger partial charge in [-0.25, -0.2) is 4.98 Å². The van der Waals surface area contributed by atoms with Crippen LogP contribution in [0.25, 0.3) is 0 Å². The van der Waals surface area contributed by atoms with Crippen LogP contribution in [-0.2, 0) is 6.61 Å². The highest BCUT2D eigenvalue weighted by Gasteiger charge is 2.25. The molecule has 3 aromatic rings.